The molecule has 118 valence electrons. The van der Waals surface area contributed by atoms with Crippen molar-refractivity contribution >= 4 is 22.0 Å². The first-order chi connectivity index (χ1) is 9.37. The van der Waals surface area contributed by atoms with Crippen molar-refractivity contribution < 1.29 is 23.1 Å². The minimum absolute atomic E-state index is 0.0492. The number of unbranched alkanes of at least 4 members (excludes halogenated alkanes) is 3. The number of amides is 2. The van der Waals surface area contributed by atoms with Gasteiger partial charge in [0.2, 0.25) is 10.0 Å². The zero-order chi connectivity index (χ0) is 15.4. The Balaban J connectivity index is 3.44. The Labute approximate surface area is 119 Å². The molecule has 0 aliphatic rings. The number of carboxylic acid groups (broad SMARTS) is 1. The average Bonchev–Trinajstić information content (AvgIpc) is 2.37. The Morgan fingerprint density at radius 1 is 1.00 bits per heavy atom. The van der Waals surface area contributed by atoms with E-state index in [2.05, 4.69) is 15.4 Å². The molecule has 0 aromatic heterocycles. The lowest BCUT2D eigenvalue weighted by Gasteiger charge is -2.07. The van der Waals surface area contributed by atoms with Crippen LogP contribution in [0.4, 0.5) is 4.79 Å². The summed E-state index contributed by atoms with van der Waals surface area (Å²) in [6.07, 6.45) is 3.25. The van der Waals surface area contributed by atoms with Gasteiger partial charge in [-0.1, -0.05) is 12.8 Å². The first-order valence-electron chi connectivity index (χ1n) is 6.52. The quantitative estimate of drug-likeness (QED) is 0.396. The van der Waals surface area contributed by atoms with Crippen LogP contribution in [0.2, 0.25) is 0 Å². The minimum atomic E-state index is -3.30. The van der Waals surface area contributed by atoms with E-state index in [1.165, 1.54) is 7.05 Å². The molecule has 0 aromatic rings. The fourth-order valence-electron chi connectivity index (χ4n) is 1.42. The second-order valence-electron chi connectivity index (χ2n) is 4.26. The van der Waals surface area contributed by atoms with Gasteiger partial charge >= 0.3 is 12.0 Å². The number of urea groups is 1. The monoisotopic (exact) mass is 309 g/mol. The van der Waals surface area contributed by atoms with E-state index in [1.54, 1.807) is 0 Å². The van der Waals surface area contributed by atoms with Crippen LogP contribution in [0.15, 0.2) is 0 Å². The number of sulfonamides is 1. The lowest BCUT2D eigenvalue weighted by molar-refractivity contribution is -0.137. The van der Waals surface area contributed by atoms with Crippen LogP contribution in [0.3, 0.4) is 0 Å². The highest BCUT2D eigenvalue weighted by molar-refractivity contribution is 7.89. The normalized spacial score (nSPS) is 11.1. The molecule has 8 nitrogen and oxygen atoms in total. The first kappa shape index (κ1) is 18.7. The van der Waals surface area contributed by atoms with Crippen LogP contribution in [-0.4, -0.2) is 51.4 Å². The van der Waals surface area contributed by atoms with Crippen molar-refractivity contribution in [1.29, 1.82) is 0 Å². The number of hydrogen-bond donors (Lipinski definition) is 4. The summed E-state index contributed by atoms with van der Waals surface area (Å²) in [4.78, 5) is 21.5. The van der Waals surface area contributed by atoms with Crippen LogP contribution in [0.1, 0.15) is 32.1 Å². The number of rotatable bonds is 11. The second kappa shape index (κ2) is 10.4. The van der Waals surface area contributed by atoms with Crippen molar-refractivity contribution in [3.63, 3.8) is 0 Å². The first-order valence-corrected chi connectivity index (χ1v) is 8.17. The maximum absolute atomic E-state index is 11.3. The Hall–Kier alpha value is -1.35. The van der Waals surface area contributed by atoms with E-state index in [9.17, 15) is 18.0 Å². The summed E-state index contributed by atoms with van der Waals surface area (Å²) in [7, 11) is -1.98. The number of aliphatic carboxylic acids is 1. The van der Waals surface area contributed by atoms with Gasteiger partial charge in [0.25, 0.3) is 0 Å². The molecule has 0 spiro atoms. The third kappa shape index (κ3) is 11.7. The van der Waals surface area contributed by atoms with Crippen LogP contribution < -0.4 is 15.4 Å². The number of carbonyl (C=O) groups excluding carboxylic acids is 1. The van der Waals surface area contributed by atoms with Gasteiger partial charge in [-0.15, -0.1) is 0 Å². The third-order valence-corrected chi connectivity index (χ3v) is 3.93. The van der Waals surface area contributed by atoms with E-state index in [4.69, 9.17) is 5.11 Å². The van der Waals surface area contributed by atoms with Crippen LogP contribution in [0, 0.1) is 0 Å². The average molecular weight is 309 g/mol. The third-order valence-electron chi connectivity index (χ3n) is 2.57. The van der Waals surface area contributed by atoms with Crippen molar-refractivity contribution in [1.82, 2.24) is 15.4 Å². The van der Waals surface area contributed by atoms with Crippen LogP contribution in [0.25, 0.3) is 0 Å². The molecule has 9 heteroatoms. The molecule has 0 aliphatic carbocycles. The van der Waals surface area contributed by atoms with Gasteiger partial charge in [0.15, 0.2) is 0 Å². The molecule has 0 radical (unpaired) electrons. The van der Waals surface area contributed by atoms with Gasteiger partial charge in [-0.05, 0) is 19.9 Å². The highest BCUT2D eigenvalue weighted by atomic mass is 32.2. The Morgan fingerprint density at radius 3 is 2.20 bits per heavy atom. The van der Waals surface area contributed by atoms with Crippen molar-refractivity contribution in [3.8, 4) is 0 Å². The maximum atomic E-state index is 11.3. The van der Waals surface area contributed by atoms with Gasteiger partial charge in [-0.25, -0.2) is 17.9 Å². The van der Waals surface area contributed by atoms with Crippen molar-refractivity contribution in [2.45, 2.75) is 32.1 Å². The molecule has 0 saturated carbocycles. The van der Waals surface area contributed by atoms with Gasteiger partial charge in [0.05, 0.1) is 5.75 Å². The molecule has 0 rings (SSSR count). The minimum Gasteiger partial charge on any atom is -0.481 e. The standard InChI is InChI=1S/C11H23N3O5S/c1-12-20(18,19)9-8-14-11(17)13-7-5-3-2-4-6-10(15)16/h12H,2-9H2,1H3,(H,15,16)(H2,13,14,17). The van der Waals surface area contributed by atoms with Gasteiger partial charge in [-0.2, -0.15) is 0 Å². The Bertz CT molecular complexity index is 397. The number of carboxylic acids is 1. The number of hydrogen-bond acceptors (Lipinski definition) is 4. The predicted molar refractivity (Wildman–Crippen MR) is 75.0 cm³/mol. The lowest BCUT2D eigenvalue weighted by Crippen LogP contribution is -2.39. The van der Waals surface area contributed by atoms with Gasteiger partial charge in [-0.3, -0.25) is 4.79 Å². The van der Waals surface area contributed by atoms with Gasteiger partial charge in [0, 0.05) is 19.5 Å². The molecule has 2 amide bonds. The molecule has 0 fully saturated rings. The molecule has 0 heterocycles. The summed E-state index contributed by atoms with van der Waals surface area (Å²) < 4.78 is 24.3. The molecular weight excluding hydrogens is 286 g/mol. The molecule has 0 saturated heterocycles. The van der Waals surface area contributed by atoms with Crippen molar-refractivity contribution in [3.05, 3.63) is 0 Å². The van der Waals surface area contributed by atoms with Gasteiger partial charge < -0.3 is 15.7 Å². The van der Waals surface area contributed by atoms with Crippen LogP contribution in [-0.2, 0) is 14.8 Å². The second-order valence-corrected chi connectivity index (χ2v) is 6.31. The summed E-state index contributed by atoms with van der Waals surface area (Å²) >= 11 is 0. The molecule has 0 bridgehead atoms. The summed E-state index contributed by atoms with van der Waals surface area (Å²) in [5, 5.41) is 13.5. The number of nitrogens with one attached hydrogen (secondary N) is 3. The van der Waals surface area contributed by atoms with E-state index < -0.39 is 22.0 Å². The smallest absolute Gasteiger partial charge is 0.314 e. The van der Waals surface area contributed by atoms with E-state index >= 15 is 0 Å². The maximum Gasteiger partial charge on any atom is 0.314 e. The van der Waals surface area contributed by atoms with Crippen molar-refractivity contribution in [2.75, 3.05) is 25.9 Å². The summed E-state index contributed by atoms with van der Waals surface area (Å²) in [6, 6.07) is -0.401. The van der Waals surface area contributed by atoms with E-state index in [-0.39, 0.29) is 18.7 Å². The topological polar surface area (TPSA) is 125 Å². The van der Waals surface area contributed by atoms with E-state index in [0.29, 0.717) is 13.0 Å². The Kier molecular flexibility index (Phi) is 9.73. The van der Waals surface area contributed by atoms with Crippen molar-refractivity contribution in [2.24, 2.45) is 0 Å². The molecule has 4 N–H and O–H groups in total. The predicted octanol–water partition coefficient (Wildman–Crippen LogP) is -0.130. The fourth-order valence-corrected chi connectivity index (χ4v) is 2.00. The zero-order valence-electron chi connectivity index (χ0n) is 11.6. The lowest BCUT2D eigenvalue weighted by atomic mass is 10.1. The summed E-state index contributed by atoms with van der Waals surface area (Å²) in [6.45, 7) is 0.533. The molecule has 0 atom stereocenters. The molecule has 0 unspecified atom stereocenters. The molecule has 0 aliphatic heterocycles. The largest absolute Gasteiger partial charge is 0.481 e. The van der Waals surface area contributed by atoms with E-state index in [0.717, 1.165) is 19.3 Å². The SMILES string of the molecule is CNS(=O)(=O)CCNC(=O)NCCCCCCC(=O)O. The summed E-state index contributed by atoms with van der Waals surface area (Å²) in [5.74, 6) is -0.953. The molecular formula is C11H23N3O5S. The highest BCUT2D eigenvalue weighted by Crippen LogP contribution is 2.01. The highest BCUT2D eigenvalue weighted by Gasteiger charge is 2.07. The zero-order valence-corrected chi connectivity index (χ0v) is 12.5. The van der Waals surface area contributed by atoms with E-state index in [1.807, 2.05) is 0 Å². The molecule has 20 heavy (non-hydrogen) atoms. The molecule has 0 aromatic carbocycles. The Morgan fingerprint density at radius 2 is 1.60 bits per heavy atom. The van der Waals surface area contributed by atoms with Crippen LogP contribution >= 0.6 is 0 Å². The van der Waals surface area contributed by atoms with Crippen LogP contribution in [0.5, 0.6) is 0 Å². The summed E-state index contributed by atoms with van der Waals surface area (Å²) in [5.41, 5.74) is 0. The number of carbonyl (C=O) groups is 2. The van der Waals surface area contributed by atoms with Gasteiger partial charge in [0.1, 0.15) is 0 Å². The fraction of sp³-hybridized carbons (Fsp3) is 0.818.